The maximum absolute atomic E-state index is 9.36. The molecule has 2 fully saturated rings. The van der Waals surface area contributed by atoms with Gasteiger partial charge in [-0.15, -0.1) is 0 Å². The molecule has 3 atom stereocenters. The summed E-state index contributed by atoms with van der Waals surface area (Å²) >= 11 is 0. The number of unbranched alkanes of at least 4 members (excludes halogenated alkanes) is 1. The molecule has 1 saturated heterocycles. The summed E-state index contributed by atoms with van der Waals surface area (Å²) in [4.78, 5) is 2.65. The van der Waals surface area contributed by atoms with Crippen LogP contribution in [0.5, 0.6) is 0 Å². The van der Waals surface area contributed by atoms with Crippen molar-refractivity contribution in [2.75, 3.05) is 13.1 Å². The molecule has 0 aromatic carbocycles. The molecule has 2 rings (SSSR count). The second-order valence-corrected chi connectivity index (χ2v) is 7.22. The third kappa shape index (κ3) is 4.46. The highest BCUT2D eigenvalue weighted by atomic mass is 15.2. The minimum absolute atomic E-state index is 0.304. The fraction of sp³-hybridized carbons (Fsp3) is 0.941. The van der Waals surface area contributed by atoms with Gasteiger partial charge in [-0.2, -0.15) is 5.26 Å². The molecule has 2 aliphatic rings. The van der Waals surface area contributed by atoms with E-state index in [0.717, 1.165) is 24.8 Å². The number of nitrogens with zero attached hydrogens (tertiary/aromatic N) is 2. The molecule has 3 unspecified atom stereocenters. The van der Waals surface area contributed by atoms with E-state index in [-0.39, 0.29) is 5.54 Å². The first-order valence-corrected chi connectivity index (χ1v) is 8.47. The van der Waals surface area contributed by atoms with Crippen LogP contribution in [-0.4, -0.2) is 35.6 Å². The minimum atomic E-state index is -0.304. The van der Waals surface area contributed by atoms with Crippen molar-refractivity contribution >= 4 is 0 Å². The van der Waals surface area contributed by atoms with Crippen LogP contribution in [0.25, 0.3) is 0 Å². The van der Waals surface area contributed by atoms with E-state index in [1.807, 2.05) is 0 Å². The van der Waals surface area contributed by atoms with Crippen LogP contribution >= 0.6 is 0 Å². The molecule has 3 nitrogen and oxygen atoms in total. The molecule has 114 valence electrons. The van der Waals surface area contributed by atoms with E-state index < -0.39 is 0 Å². The van der Waals surface area contributed by atoms with E-state index in [1.165, 1.54) is 45.2 Å². The van der Waals surface area contributed by atoms with E-state index >= 15 is 0 Å². The highest BCUT2D eigenvalue weighted by molar-refractivity contribution is 5.06. The van der Waals surface area contributed by atoms with Crippen LogP contribution in [0.2, 0.25) is 0 Å². The summed E-state index contributed by atoms with van der Waals surface area (Å²) < 4.78 is 0. The molecular formula is C17H31N3. The summed E-state index contributed by atoms with van der Waals surface area (Å²) in [5.74, 6) is 0.838. The molecule has 0 aromatic heterocycles. The maximum atomic E-state index is 9.36. The summed E-state index contributed by atoms with van der Waals surface area (Å²) in [6.07, 6.45) is 8.60. The van der Waals surface area contributed by atoms with Gasteiger partial charge in [0.2, 0.25) is 0 Å². The van der Waals surface area contributed by atoms with Gasteiger partial charge in [-0.1, -0.05) is 6.92 Å². The van der Waals surface area contributed by atoms with E-state index in [0.29, 0.717) is 6.04 Å². The summed E-state index contributed by atoms with van der Waals surface area (Å²) in [7, 11) is 0. The minimum Gasteiger partial charge on any atom is -0.300 e. The van der Waals surface area contributed by atoms with Gasteiger partial charge >= 0.3 is 0 Å². The van der Waals surface area contributed by atoms with Crippen LogP contribution in [0.15, 0.2) is 0 Å². The summed E-state index contributed by atoms with van der Waals surface area (Å²) in [5.41, 5.74) is -0.304. The first-order chi connectivity index (χ1) is 9.54. The summed E-state index contributed by atoms with van der Waals surface area (Å²) in [6.45, 7) is 9.29. The average Bonchev–Trinajstić information content (AvgIpc) is 3.23. The quantitative estimate of drug-likeness (QED) is 0.726. The number of nitriles is 1. The van der Waals surface area contributed by atoms with Crippen LogP contribution in [0.1, 0.15) is 65.7 Å². The Kier molecular flexibility index (Phi) is 5.46. The highest BCUT2D eigenvalue weighted by Crippen LogP contribution is 2.26. The lowest BCUT2D eigenvalue weighted by atomic mass is 9.91. The fourth-order valence-corrected chi connectivity index (χ4v) is 3.37. The Balaban J connectivity index is 1.66. The number of piperidine rings is 1. The van der Waals surface area contributed by atoms with Gasteiger partial charge in [-0.05, 0) is 77.8 Å². The van der Waals surface area contributed by atoms with Crippen molar-refractivity contribution in [2.45, 2.75) is 83.3 Å². The van der Waals surface area contributed by atoms with Crippen molar-refractivity contribution in [1.82, 2.24) is 10.2 Å². The number of rotatable bonds is 7. The highest BCUT2D eigenvalue weighted by Gasteiger charge is 2.32. The lowest BCUT2D eigenvalue weighted by Crippen LogP contribution is -2.43. The van der Waals surface area contributed by atoms with Crippen molar-refractivity contribution in [2.24, 2.45) is 5.92 Å². The molecule has 1 aliphatic carbocycles. The Morgan fingerprint density at radius 1 is 1.25 bits per heavy atom. The van der Waals surface area contributed by atoms with Crippen LogP contribution < -0.4 is 5.32 Å². The van der Waals surface area contributed by atoms with Crippen molar-refractivity contribution < 1.29 is 0 Å². The topological polar surface area (TPSA) is 39.1 Å². The standard InChI is InChI=1S/C17H31N3/c1-14-7-6-12-20(15(14)2)11-5-4-10-17(3,13-18)19-16-8-9-16/h14-16,19H,4-12H2,1-3H3. The van der Waals surface area contributed by atoms with Gasteiger partial charge in [0.05, 0.1) is 6.07 Å². The normalized spacial score (nSPS) is 30.7. The Bertz CT molecular complexity index is 345. The van der Waals surface area contributed by atoms with Gasteiger partial charge in [0.15, 0.2) is 0 Å². The van der Waals surface area contributed by atoms with Gasteiger partial charge < -0.3 is 4.90 Å². The van der Waals surface area contributed by atoms with E-state index in [2.05, 4.69) is 37.1 Å². The fourth-order valence-electron chi connectivity index (χ4n) is 3.37. The smallest absolute Gasteiger partial charge is 0.104 e. The molecule has 3 heteroatoms. The van der Waals surface area contributed by atoms with Crippen LogP contribution in [-0.2, 0) is 0 Å². The maximum Gasteiger partial charge on any atom is 0.104 e. The molecule has 0 aromatic rings. The van der Waals surface area contributed by atoms with Gasteiger partial charge in [0.1, 0.15) is 5.54 Å². The predicted molar refractivity (Wildman–Crippen MR) is 83.5 cm³/mol. The Morgan fingerprint density at radius 2 is 2.00 bits per heavy atom. The molecular weight excluding hydrogens is 246 g/mol. The number of nitrogens with one attached hydrogen (secondary N) is 1. The third-order valence-electron chi connectivity index (χ3n) is 5.22. The van der Waals surface area contributed by atoms with Gasteiger partial charge in [0, 0.05) is 12.1 Å². The lowest BCUT2D eigenvalue weighted by molar-refractivity contribution is 0.111. The second-order valence-electron chi connectivity index (χ2n) is 7.22. The summed E-state index contributed by atoms with van der Waals surface area (Å²) in [6, 6.07) is 3.82. The monoisotopic (exact) mass is 277 g/mol. The van der Waals surface area contributed by atoms with Gasteiger partial charge in [0.25, 0.3) is 0 Å². The second kappa shape index (κ2) is 6.91. The first kappa shape index (κ1) is 15.8. The van der Waals surface area contributed by atoms with Crippen molar-refractivity contribution in [3.8, 4) is 6.07 Å². The van der Waals surface area contributed by atoms with Gasteiger partial charge in [-0.25, -0.2) is 0 Å². The largest absolute Gasteiger partial charge is 0.300 e. The van der Waals surface area contributed by atoms with Crippen molar-refractivity contribution in [3.63, 3.8) is 0 Å². The first-order valence-electron chi connectivity index (χ1n) is 8.47. The lowest BCUT2D eigenvalue weighted by Gasteiger charge is -2.38. The van der Waals surface area contributed by atoms with Crippen LogP contribution in [0, 0.1) is 17.2 Å². The van der Waals surface area contributed by atoms with E-state index in [4.69, 9.17) is 0 Å². The average molecular weight is 277 g/mol. The zero-order chi connectivity index (χ0) is 14.6. The molecule has 1 N–H and O–H groups in total. The molecule has 0 bridgehead atoms. The molecule has 0 spiro atoms. The molecule has 0 amide bonds. The third-order valence-corrected chi connectivity index (χ3v) is 5.22. The van der Waals surface area contributed by atoms with Crippen molar-refractivity contribution in [1.29, 1.82) is 5.26 Å². The Hall–Kier alpha value is -0.590. The zero-order valence-electron chi connectivity index (χ0n) is 13.5. The Labute approximate surface area is 124 Å². The molecule has 1 aliphatic heterocycles. The number of hydrogen-bond acceptors (Lipinski definition) is 3. The molecule has 0 radical (unpaired) electrons. The number of likely N-dealkylation sites (tertiary alicyclic amines) is 1. The van der Waals surface area contributed by atoms with Crippen LogP contribution in [0.3, 0.4) is 0 Å². The Morgan fingerprint density at radius 3 is 2.65 bits per heavy atom. The summed E-state index contributed by atoms with van der Waals surface area (Å²) in [5, 5.41) is 12.9. The molecule has 1 saturated carbocycles. The molecule has 1 heterocycles. The van der Waals surface area contributed by atoms with Crippen LogP contribution in [0.4, 0.5) is 0 Å². The SMILES string of the molecule is CC1CCCN(CCCCC(C)(C#N)NC2CC2)C1C. The number of hydrogen-bond donors (Lipinski definition) is 1. The van der Waals surface area contributed by atoms with E-state index in [9.17, 15) is 5.26 Å². The van der Waals surface area contributed by atoms with Crippen molar-refractivity contribution in [3.05, 3.63) is 0 Å². The van der Waals surface area contributed by atoms with E-state index in [1.54, 1.807) is 0 Å². The zero-order valence-corrected chi connectivity index (χ0v) is 13.5. The molecule has 20 heavy (non-hydrogen) atoms. The van der Waals surface area contributed by atoms with Gasteiger partial charge in [-0.3, -0.25) is 5.32 Å². The predicted octanol–water partition coefficient (Wildman–Crippen LogP) is 3.31.